The van der Waals surface area contributed by atoms with Crippen molar-refractivity contribution in [3.63, 3.8) is 0 Å². The van der Waals surface area contributed by atoms with E-state index in [-0.39, 0.29) is 16.9 Å². The van der Waals surface area contributed by atoms with E-state index < -0.39 is 17.6 Å². The van der Waals surface area contributed by atoms with E-state index in [9.17, 15) is 18.0 Å². The molecule has 3 heterocycles. The average Bonchev–Trinajstić information content (AvgIpc) is 3.47. The highest BCUT2D eigenvalue weighted by atomic mass is 32.1. The molecule has 12 heteroatoms. The number of aromatic nitrogens is 4. The maximum absolute atomic E-state index is 13.7. The van der Waals surface area contributed by atoms with Gasteiger partial charge >= 0.3 is 6.18 Å². The molecule has 0 aliphatic heterocycles. The molecule has 1 aliphatic carbocycles. The second kappa shape index (κ2) is 10.6. The quantitative estimate of drug-likeness (QED) is 0.174. The van der Waals surface area contributed by atoms with E-state index in [1.807, 2.05) is 12.3 Å². The number of carbonyl (C=O) groups is 1. The minimum atomic E-state index is -4.60. The van der Waals surface area contributed by atoms with Crippen molar-refractivity contribution in [3.05, 3.63) is 95.2 Å². The van der Waals surface area contributed by atoms with Crippen LogP contribution in [0, 0.1) is 13.8 Å². The van der Waals surface area contributed by atoms with Crippen molar-refractivity contribution in [1.82, 2.24) is 19.5 Å². The lowest BCUT2D eigenvalue weighted by Gasteiger charge is -2.16. The number of imidazole rings is 1. The lowest BCUT2D eigenvalue weighted by Crippen LogP contribution is -2.15. The summed E-state index contributed by atoms with van der Waals surface area (Å²) in [4.78, 5) is 26.2. The lowest BCUT2D eigenvalue weighted by molar-refractivity contribution is -0.137. The SMILES string of the molecule is C=C(Nc1cc(C(=O)Nc2cc(-n3ccnc3C)cc(C(F)(F)F)c2)ccc1C)c1csc2c(NC3CC3)ncnc12. The number of rotatable bonds is 8. The topological polar surface area (TPSA) is 96.8 Å². The van der Waals surface area contributed by atoms with Gasteiger partial charge in [0, 0.05) is 57.7 Å². The van der Waals surface area contributed by atoms with Crippen LogP contribution in [0.4, 0.5) is 30.4 Å². The van der Waals surface area contributed by atoms with E-state index in [2.05, 4.69) is 37.5 Å². The lowest BCUT2D eigenvalue weighted by atomic mass is 10.1. The Morgan fingerprint density at radius 2 is 1.88 bits per heavy atom. The van der Waals surface area contributed by atoms with Gasteiger partial charge in [0.1, 0.15) is 18.0 Å². The van der Waals surface area contributed by atoms with Crippen molar-refractivity contribution in [1.29, 1.82) is 0 Å². The number of carbonyl (C=O) groups excluding carboxylic acids is 1. The van der Waals surface area contributed by atoms with Crippen LogP contribution in [0.1, 0.15) is 45.7 Å². The summed E-state index contributed by atoms with van der Waals surface area (Å²) in [6.45, 7) is 7.77. The number of nitrogens with one attached hydrogen (secondary N) is 3. The zero-order valence-electron chi connectivity index (χ0n) is 22.7. The average molecular weight is 590 g/mol. The zero-order valence-corrected chi connectivity index (χ0v) is 23.5. The fourth-order valence-corrected chi connectivity index (χ4v) is 5.54. The van der Waals surface area contributed by atoms with Crippen LogP contribution in [0.15, 0.2) is 67.1 Å². The van der Waals surface area contributed by atoms with Crippen LogP contribution >= 0.6 is 11.3 Å². The molecule has 1 saturated carbocycles. The van der Waals surface area contributed by atoms with E-state index in [4.69, 9.17) is 0 Å². The monoisotopic (exact) mass is 589 g/mol. The predicted molar refractivity (Wildman–Crippen MR) is 159 cm³/mol. The molecule has 1 amide bonds. The fourth-order valence-electron chi connectivity index (χ4n) is 4.56. The number of alkyl halides is 3. The number of anilines is 3. The first-order chi connectivity index (χ1) is 20.1. The number of benzene rings is 2. The molecule has 0 atom stereocenters. The Balaban J connectivity index is 1.25. The predicted octanol–water partition coefficient (Wildman–Crippen LogP) is 7.42. The number of nitrogens with zero attached hydrogens (tertiary/aromatic N) is 4. The first-order valence-electron chi connectivity index (χ1n) is 13.2. The number of aryl methyl sites for hydroxylation is 2. The Bertz CT molecular complexity index is 1840. The molecule has 6 rings (SSSR count). The molecule has 1 aliphatic rings. The Kier molecular flexibility index (Phi) is 6.93. The van der Waals surface area contributed by atoms with Gasteiger partial charge in [-0.3, -0.25) is 4.79 Å². The van der Waals surface area contributed by atoms with Crippen molar-refractivity contribution in [2.75, 3.05) is 16.0 Å². The van der Waals surface area contributed by atoms with Gasteiger partial charge in [-0.25, -0.2) is 15.0 Å². The van der Waals surface area contributed by atoms with Crippen LogP contribution in [0.2, 0.25) is 0 Å². The first kappa shape index (κ1) is 27.5. The summed E-state index contributed by atoms with van der Waals surface area (Å²) in [5.41, 5.74) is 3.31. The molecule has 2 aromatic carbocycles. The maximum Gasteiger partial charge on any atom is 0.416 e. The third-order valence-corrected chi connectivity index (χ3v) is 7.97. The number of fused-ring (bicyclic) bond motifs is 1. The molecule has 0 saturated heterocycles. The molecule has 0 bridgehead atoms. The van der Waals surface area contributed by atoms with Crippen LogP contribution < -0.4 is 16.0 Å². The Morgan fingerprint density at radius 3 is 2.60 bits per heavy atom. The van der Waals surface area contributed by atoms with Crippen LogP contribution in [0.3, 0.4) is 0 Å². The molecule has 42 heavy (non-hydrogen) atoms. The Labute approximate surface area is 243 Å². The number of thiophene rings is 1. The normalized spacial score (nSPS) is 13.3. The van der Waals surface area contributed by atoms with Gasteiger partial charge in [0.05, 0.1) is 15.8 Å². The standard InChI is InChI=1S/C30H26F3N7OS/c1-16-4-5-19(29(41)39-22-11-20(30(31,32)33)12-23(13-22)40-9-8-34-18(40)3)10-25(16)37-17(2)24-14-42-27-26(24)35-15-36-28(27)38-21-6-7-21/h4-5,8-15,21,37H,2,6-7H2,1,3H3,(H,39,41)(H,35,36,38). The summed E-state index contributed by atoms with van der Waals surface area (Å²) >= 11 is 1.53. The van der Waals surface area contributed by atoms with E-state index in [0.717, 1.165) is 52.1 Å². The number of amides is 1. The Hall–Kier alpha value is -4.71. The van der Waals surface area contributed by atoms with Gasteiger partial charge in [-0.15, -0.1) is 11.3 Å². The summed E-state index contributed by atoms with van der Waals surface area (Å²) in [7, 11) is 0. The van der Waals surface area contributed by atoms with Crippen LogP contribution in [0.5, 0.6) is 0 Å². The van der Waals surface area contributed by atoms with Gasteiger partial charge < -0.3 is 20.5 Å². The van der Waals surface area contributed by atoms with Crippen LogP contribution in [-0.4, -0.2) is 31.5 Å². The zero-order chi connectivity index (χ0) is 29.6. The minimum Gasteiger partial charge on any atom is -0.366 e. The van der Waals surface area contributed by atoms with Crippen molar-refractivity contribution >= 4 is 50.4 Å². The highest BCUT2D eigenvalue weighted by Gasteiger charge is 2.32. The van der Waals surface area contributed by atoms with E-state index in [1.165, 1.54) is 34.5 Å². The van der Waals surface area contributed by atoms with Gasteiger partial charge in [-0.2, -0.15) is 13.2 Å². The molecule has 1 fully saturated rings. The molecule has 8 nitrogen and oxygen atoms in total. The molecule has 0 radical (unpaired) electrons. The number of hydrogen-bond donors (Lipinski definition) is 3. The summed E-state index contributed by atoms with van der Waals surface area (Å²) in [6.07, 6.45) is 2.24. The van der Waals surface area contributed by atoms with Gasteiger partial charge in [0.25, 0.3) is 5.91 Å². The van der Waals surface area contributed by atoms with Crippen molar-refractivity contribution < 1.29 is 18.0 Å². The molecule has 0 unspecified atom stereocenters. The minimum absolute atomic E-state index is 0.0115. The molecule has 5 aromatic rings. The van der Waals surface area contributed by atoms with Crippen molar-refractivity contribution in [3.8, 4) is 5.69 Å². The summed E-state index contributed by atoms with van der Waals surface area (Å²) < 4.78 is 43.6. The molecular weight excluding hydrogens is 563 g/mol. The Morgan fingerprint density at radius 1 is 1.07 bits per heavy atom. The highest BCUT2D eigenvalue weighted by Crippen LogP contribution is 2.36. The second-order valence-electron chi connectivity index (χ2n) is 10.2. The van der Waals surface area contributed by atoms with E-state index in [0.29, 0.717) is 23.3 Å². The summed E-state index contributed by atoms with van der Waals surface area (Å²) in [5, 5.41) is 11.3. The smallest absolute Gasteiger partial charge is 0.366 e. The number of hydrogen-bond acceptors (Lipinski definition) is 7. The van der Waals surface area contributed by atoms with Gasteiger partial charge in [-0.05, 0) is 62.6 Å². The molecule has 214 valence electrons. The van der Waals surface area contributed by atoms with Gasteiger partial charge in [-0.1, -0.05) is 12.6 Å². The fraction of sp³-hybridized carbons (Fsp3) is 0.200. The largest absolute Gasteiger partial charge is 0.416 e. The second-order valence-corrected chi connectivity index (χ2v) is 11.0. The van der Waals surface area contributed by atoms with Crippen molar-refractivity contribution in [2.45, 2.75) is 38.9 Å². The van der Waals surface area contributed by atoms with E-state index >= 15 is 0 Å². The molecular formula is C30H26F3N7OS. The molecule has 3 N–H and O–H groups in total. The van der Waals surface area contributed by atoms with Gasteiger partial charge in [0.15, 0.2) is 0 Å². The van der Waals surface area contributed by atoms with Crippen molar-refractivity contribution in [2.24, 2.45) is 0 Å². The van der Waals surface area contributed by atoms with Crippen LogP contribution in [-0.2, 0) is 6.18 Å². The molecule has 0 spiro atoms. The third-order valence-electron chi connectivity index (χ3n) is 6.99. The first-order valence-corrected chi connectivity index (χ1v) is 14.0. The maximum atomic E-state index is 13.7. The highest BCUT2D eigenvalue weighted by molar-refractivity contribution is 7.18. The van der Waals surface area contributed by atoms with E-state index in [1.54, 1.807) is 31.3 Å². The summed E-state index contributed by atoms with van der Waals surface area (Å²) in [6, 6.07) is 8.90. The third kappa shape index (κ3) is 5.57. The van der Waals surface area contributed by atoms with Crippen LogP contribution in [0.25, 0.3) is 21.6 Å². The van der Waals surface area contributed by atoms with Gasteiger partial charge in [0.2, 0.25) is 0 Å². The summed E-state index contributed by atoms with van der Waals surface area (Å²) in [5.74, 6) is 0.768. The molecule has 3 aromatic heterocycles. The number of halogens is 3.